The monoisotopic (exact) mass is 326 g/mol. The van der Waals surface area contributed by atoms with Gasteiger partial charge in [-0.1, -0.05) is 50.2 Å². The SMILES string of the molecule is CC(C)C(=O)Nc1ccc(CNC(C)c2cccc(CO)c2)cc1. The van der Waals surface area contributed by atoms with Crippen molar-refractivity contribution < 1.29 is 9.90 Å². The highest BCUT2D eigenvalue weighted by atomic mass is 16.3. The van der Waals surface area contributed by atoms with Crippen LogP contribution in [-0.2, 0) is 17.9 Å². The minimum absolute atomic E-state index is 0.0260. The van der Waals surface area contributed by atoms with Crippen LogP contribution >= 0.6 is 0 Å². The summed E-state index contributed by atoms with van der Waals surface area (Å²) in [4.78, 5) is 11.7. The molecule has 0 aliphatic heterocycles. The molecule has 4 nitrogen and oxygen atoms in total. The number of rotatable bonds is 7. The molecule has 24 heavy (non-hydrogen) atoms. The Morgan fingerprint density at radius 2 is 1.75 bits per heavy atom. The second-order valence-electron chi connectivity index (χ2n) is 6.35. The first kappa shape index (κ1) is 18.2. The molecule has 0 bridgehead atoms. The van der Waals surface area contributed by atoms with E-state index in [4.69, 9.17) is 0 Å². The Bertz CT molecular complexity index is 666. The van der Waals surface area contributed by atoms with E-state index in [9.17, 15) is 9.90 Å². The molecule has 0 radical (unpaired) electrons. The van der Waals surface area contributed by atoms with Crippen LogP contribution < -0.4 is 10.6 Å². The van der Waals surface area contributed by atoms with Crippen LogP contribution in [0.2, 0.25) is 0 Å². The summed E-state index contributed by atoms with van der Waals surface area (Å²) < 4.78 is 0. The molecule has 128 valence electrons. The maximum atomic E-state index is 11.7. The van der Waals surface area contributed by atoms with Crippen LogP contribution in [0.4, 0.5) is 5.69 Å². The topological polar surface area (TPSA) is 61.4 Å². The summed E-state index contributed by atoms with van der Waals surface area (Å²) in [5, 5.41) is 15.6. The molecule has 2 rings (SSSR count). The van der Waals surface area contributed by atoms with Crippen molar-refractivity contribution in [2.24, 2.45) is 5.92 Å². The van der Waals surface area contributed by atoms with Gasteiger partial charge in [-0.15, -0.1) is 0 Å². The number of nitrogens with one attached hydrogen (secondary N) is 2. The van der Waals surface area contributed by atoms with Crippen molar-refractivity contribution in [1.82, 2.24) is 5.32 Å². The van der Waals surface area contributed by atoms with E-state index in [1.165, 1.54) is 0 Å². The highest BCUT2D eigenvalue weighted by Crippen LogP contribution is 2.16. The van der Waals surface area contributed by atoms with Crippen LogP contribution in [0.3, 0.4) is 0 Å². The van der Waals surface area contributed by atoms with Gasteiger partial charge in [-0.3, -0.25) is 4.79 Å². The van der Waals surface area contributed by atoms with E-state index in [0.29, 0.717) is 0 Å². The Balaban J connectivity index is 1.90. The quantitative estimate of drug-likeness (QED) is 0.728. The fourth-order valence-corrected chi connectivity index (χ4v) is 2.34. The van der Waals surface area contributed by atoms with E-state index in [1.807, 2.05) is 56.3 Å². The van der Waals surface area contributed by atoms with Crippen molar-refractivity contribution in [2.45, 2.75) is 40.0 Å². The van der Waals surface area contributed by atoms with Gasteiger partial charge in [0.05, 0.1) is 6.61 Å². The number of carbonyl (C=O) groups is 1. The fraction of sp³-hybridized carbons (Fsp3) is 0.350. The smallest absolute Gasteiger partial charge is 0.226 e. The van der Waals surface area contributed by atoms with E-state index < -0.39 is 0 Å². The highest BCUT2D eigenvalue weighted by molar-refractivity contribution is 5.92. The van der Waals surface area contributed by atoms with E-state index in [2.05, 4.69) is 23.6 Å². The number of hydrogen-bond acceptors (Lipinski definition) is 3. The number of carbonyl (C=O) groups excluding carboxylic acids is 1. The Hall–Kier alpha value is -2.17. The van der Waals surface area contributed by atoms with Gasteiger partial charge in [0.2, 0.25) is 5.91 Å². The molecule has 2 aromatic carbocycles. The number of hydrogen-bond donors (Lipinski definition) is 3. The van der Waals surface area contributed by atoms with E-state index >= 15 is 0 Å². The molecule has 1 atom stereocenters. The minimum Gasteiger partial charge on any atom is -0.392 e. The molecule has 0 aromatic heterocycles. The molecule has 0 heterocycles. The standard InChI is InChI=1S/C20H26N2O2/c1-14(2)20(24)22-19-9-7-16(8-10-19)12-21-15(3)18-6-4-5-17(11-18)13-23/h4-11,14-15,21,23H,12-13H2,1-3H3,(H,22,24). The van der Waals surface area contributed by atoms with Crippen molar-refractivity contribution in [3.8, 4) is 0 Å². The molecule has 0 saturated heterocycles. The average Bonchev–Trinajstić information content (AvgIpc) is 2.60. The summed E-state index contributed by atoms with van der Waals surface area (Å²) in [6.07, 6.45) is 0. The van der Waals surface area contributed by atoms with Crippen molar-refractivity contribution in [3.05, 3.63) is 65.2 Å². The molecule has 2 aromatic rings. The lowest BCUT2D eigenvalue weighted by molar-refractivity contribution is -0.118. The van der Waals surface area contributed by atoms with E-state index in [0.717, 1.165) is 28.9 Å². The van der Waals surface area contributed by atoms with E-state index in [-0.39, 0.29) is 24.5 Å². The van der Waals surface area contributed by atoms with Gasteiger partial charge in [-0.2, -0.15) is 0 Å². The van der Waals surface area contributed by atoms with Gasteiger partial charge < -0.3 is 15.7 Å². The molecule has 0 aliphatic carbocycles. The zero-order valence-corrected chi connectivity index (χ0v) is 14.5. The number of anilines is 1. The molecule has 4 heteroatoms. The van der Waals surface area contributed by atoms with E-state index in [1.54, 1.807) is 0 Å². The first-order chi connectivity index (χ1) is 11.5. The summed E-state index contributed by atoms with van der Waals surface area (Å²) in [6.45, 7) is 6.66. The van der Waals surface area contributed by atoms with Gasteiger partial charge in [0.1, 0.15) is 0 Å². The van der Waals surface area contributed by atoms with Gasteiger partial charge in [-0.25, -0.2) is 0 Å². The van der Waals surface area contributed by atoms with Crippen molar-refractivity contribution >= 4 is 11.6 Å². The third-order valence-electron chi connectivity index (χ3n) is 3.99. The molecule has 0 fully saturated rings. The molecular formula is C20H26N2O2. The Morgan fingerprint density at radius 1 is 1.04 bits per heavy atom. The number of benzene rings is 2. The number of aliphatic hydroxyl groups excluding tert-OH is 1. The van der Waals surface area contributed by atoms with Gasteiger partial charge >= 0.3 is 0 Å². The Labute approximate surface area is 143 Å². The molecule has 1 amide bonds. The largest absolute Gasteiger partial charge is 0.392 e. The Morgan fingerprint density at radius 3 is 2.38 bits per heavy atom. The third-order valence-corrected chi connectivity index (χ3v) is 3.99. The van der Waals surface area contributed by atoms with Gasteiger partial charge in [0.25, 0.3) is 0 Å². The molecule has 0 spiro atoms. The summed E-state index contributed by atoms with van der Waals surface area (Å²) in [5.74, 6) is 0.000129. The molecule has 0 aliphatic rings. The number of amides is 1. The normalized spacial score (nSPS) is 12.2. The van der Waals surface area contributed by atoms with Gasteiger partial charge in [-0.05, 0) is 35.7 Å². The van der Waals surface area contributed by atoms with Crippen LogP contribution in [0.15, 0.2) is 48.5 Å². The van der Waals surface area contributed by atoms with Crippen LogP contribution in [0.5, 0.6) is 0 Å². The fourth-order valence-electron chi connectivity index (χ4n) is 2.34. The molecule has 3 N–H and O–H groups in total. The zero-order chi connectivity index (χ0) is 17.5. The average molecular weight is 326 g/mol. The van der Waals surface area contributed by atoms with Gasteiger partial charge in [0.15, 0.2) is 0 Å². The van der Waals surface area contributed by atoms with Crippen molar-refractivity contribution in [3.63, 3.8) is 0 Å². The molecule has 1 unspecified atom stereocenters. The molecular weight excluding hydrogens is 300 g/mol. The second-order valence-corrected chi connectivity index (χ2v) is 6.35. The lowest BCUT2D eigenvalue weighted by atomic mass is 10.1. The van der Waals surface area contributed by atoms with Crippen LogP contribution in [0.1, 0.15) is 43.5 Å². The maximum Gasteiger partial charge on any atom is 0.226 e. The predicted octanol–water partition coefficient (Wildman–Crippen LogP) is 3.62. The highest BCUT2D eigenvalue weighted by Gasteiger charge is 2.08. The predicted molar refractivity (Wildman–Crippen MR) is 97.5 cm³/mol. The van der Waals surface area contributed by atoms with Crippen molar-refractivity contribution in [2.75, 3.05) is 5.32 Å². The first-order valence-corrected chi connectivity index (χ1v) is 8.32. The summed E-state index contributed by atoms with van der Waals surface area (Å²) in [6, 6.07) is 16.0. The maximum absolute atomic E-state index is 11.7. The summed E-state index contributed by atoms with van der Waals surface area (Å²) in [5.41, 5.74) is 4.05. The molecule has 0 saturated carbocycles. The third kappa shape index (κ3) is 5.18. The van der Waals surface area contributed by atoms with Crippen LogP contribution in [0, 0.1) is 5.92 Å². The first-order valence-electron chi connectivity index (χ1n) is 8.32. The van der Waals surface area contributed by atoms with Crippen molar-refractivity contribution in [1.29, 1.82) is 0 Å². The van der Waals surface area contributed by atoms with Crippen LogP contribution in [-0.4, -0.2) is 11.0 Å². The summed E-state index contributed by atoms with van der Waals surface area (Å²) in [7, 11) is 0. The van der Waals surface area contributed by atoms with Gasteiger partial charge in [0, 0.05) is 24.2 Å². The van der Waals surface area contributed by atoms with Crippen LogP contribution in [0.25, 0.3) is 0 Å². The zero-order valence-electron chi connectivity index (χ0n) is 14.5. The lowest BCUT2D eigenvalue weighted by Gasteiger charge is -2.15. The number of aliphatic hydroxyl groups is 1. The minimum atomic E-state index is -0.0260. The Kier molecular flexibility index (Phi) is 6.53. The second kappa shape index (κ2) is 8.62. The lowest BCUT2D eigenvalue weighted by Crippen LogP contribution is -2.19. The summed E-state index contributed by atoms with van der Waals surface area (Å²) >= 11 is 0.